The summed E-state index contributed by atoms with van der Waals surface area (Å²) >= 11 is 0. The van der Waals surface area contributed by atoms with Crippen LogP contribution in [0, 0.1) is 6.92 Å². The first-order valence-corrected chi connectivity index (χ1v) is 7.74. The Morgan fingerprint density at radius 2 is 1.42 bits per heavy atom. The van der Waals surface area contributed by atoms with Crippen molar-refractivity contribution in [2.75, 3.05) is 5.32 Å². The predicted molar refractivity (Wildman–Crippen MR) is 96.2 cm³/mol. The molecule has 0 aliphatic heterocycles. The van der Waals surface area contributed by atoms with Crippen molar-refractivity contribution in [1.82, 2.24) is 9.97 Å². The standard InChI is InChI=1S/C20H15N3O/c1-13-6-2-3-7-15(13)20(24)21-14-10-11-18-19(12-14)23-17-9-5-4-8-16(17)22-18/h2-12H,1H3,(H,21,24). The topological polar surface area (TPSA) is 54.9 Å². The van der Waals surface area contributed by atoms with Gasteiger partial charge in [0.15, 0.2) is 0 Å². The number of rotatable bonds is 2. The number of nitrogens with zero attached hydrogens (tertiary/aromatic N) is 2. The van der Waals surface area contributed by atoms with Crippen molar-refractivity contribution in [2.24, 2.45) is 0 Å². The number of fused-ring (bicyclic) bond motifs is 2. The quantitative estimate of drug-likeness (QED) is 0.560. The molecule has 0 saturated carbocycles. The highest BCUT2D eigenvalue weighted by Crippen LogP contribution is 2.20. The van der Waals surface area contributed by atoms with Crippen LogP contribution < -0.4 is 5.32 Å². The molecule has 4 aromatic rings. The van der Waals surface area contributed by atoms with Crippen LogP contribution in [0.5, 0.6) is 0 Å². The SMILES string of the molecule is Cc1ccccc1C(=O)Nc1ccc2nc3ccccc3nc2c1. The second kappa shape index (κ2) is 5.74. The van der Waals surface area contributed by atoms with E-state index in [4.69, 9.17) is 0 Å². The zero-order valence-electron chi connectivity index (χ0n) is 13.2. The summed E-state index contributed by atoms with van der Waals surface area (Å²) in [5.74, 6) is -0.124. The molecule has 0 saturated heterocycles. The molecule has 0 atom stereocenters. The van der Waals surface area contributed by atoms with Crippen LogP contribution in [0.2, 0.25) is 0 Å². The normalized spacial score (nSPS) is 10.9. The monoisotopic (exact) mass is 313 g/mol. The maximum Gasteiger partial charge on any atom is 0.255 e. The first kappa shape index (κ1) is 14.3. The minimum atomic E-state index is -0.124. The maximum atomic E-state index is 12.4. The lowest BCUT2D eigenvalue weighted by Crippen LogP contribution is -2.13. The van der Waals surface area contributed by atoms with E-state index in [0.29, 0.717) is 11.3 Å². The van der Waals surface area contributed by atoms with Crippen LogP contribution in [0.25, 0.3) is 22.1 Å². The molecule has 3 aromatic carbocycles. The van der Waals surface area contributed by atoms with Crippen molar-refractivity contribution < 1.29 is 4.79 Å². The number of anilines is 1. The highest BCUT2D eigenvalue weighted by Gasteiger charge is 2.09. The molecule has 4 heteroatoms. The maximum absolute atomic E-state index is 12.4. The molecule has 0 bridgehead atoms. The lowest BCUT2D eigenvalue weighted by molar-refractivity contribution is 0.102. The molecular formula is C20H15N3O. The molecule has 1 N–H and O–H groups in total. The Bertz CT molecular complexity index is 1070. The van der Waals surface area contributed by atoms with Crippen molar-refractivity contribution in [1.29, 1.82) is 0 Å². The fourth-order valence-corrected chi connectivity index (χ4v) is 2.72. The highest BCUT2D eigenvalue weighted by atomic mass is 16.1. The number of nitrogens with one attached hydrogen (secondary N) is 1. The summed E-state index contributed by atoms with van der Waals surface area (Å²) in [6, 6.07) is 20.9. The zero-order valence-corrected chi connectivity index (χ0v) is 13.2. The largest absolute Gasteiger partial charge is 0.322 e. The second-order valence-electron chi connectivity index (χ2n) is 5.68. The third-order valence-electron chi connectivity index (χ3n) is 3.99. The zero-order chi connectivity index (χ0) is 16.5. The van der Waals surface area contributed by atoms with Gasteiger partial charge < -0.3 is 5.32 Å². The molecular weight excluding hydrogens is 298 g/mol. The molecule has 0 fully saturated rings. The van der Waals surface area contributed by atoms with Crippen molar-refractivity contribution in [3.8, 4) is 0 Å². The van der Waals surface area contributed by atoms with E-state index >= 15 is 0 Å². The van der Waals surface area contributed by atoms with E-state index in [1.54, 1.807) is 0 Å². The van der Waals surface area contributed by atoms with Crippen molar-refractivity contribution >= 4 is 33.7 Å². The van der Waals surface area contributed by atoms with E-state index in [9.17, 15) is 4.79 Å². The molecule has 4 rings (SSSR count). The molecule has 4 nitrogen and oxygen atoms in total. The van der Waals surface area contributed by atoms with Crippen LogP contribution in [0.3, 0.4) is 0 Å². The first-order valence-electron chi connectivity index (χ1n) is 7.74. The Hall–Kier alpha value is -3.27. The average Bonchev–Trinajstić information content (AvgIpc) is 2.60. The highest BCUT2D eigenvalue weighted by molar-refractivity contribution is 6.06. The van der Waals surface area contributed by atoms with E-state index < -0.39 is 0 Å². The van der Waals surface area contributed by atoms with E-state index in [2.05, 4.69) is 15.3 Å². The third-order valence-corrected chi connectivity index (χ3v) is 3.99. The van der Waals surface area contributed by atoms with Gasteiger partial charge in [0.05, 0.1) is 22.1 Å². The van der Waals surface area contributed by atoms with Crippen LogP contribution in [0.1, 0.15) is 15.9 Å². The number of carbonyl (C=O) groups excluding carboxylic acids is 1. The Morgan fingerprint density at radius 1 is 0.792 bits per heavy atom. The number of benzene rings is 3. The van der Waals surface area contributed by atoms with E-state index in [-0.39, 0.29) is 5.91 Å². The number of hydrogen-bond acceptors (Lipinski definition) is 3. The molecule has 0 spiro atoms. The third kappa shape index (κ3) is 2.58. The van der Waals surface area contributed by atoms with Gasteiger partial charge in [0.25, 0.3) is 5.91 Å². The van der Waals surface area contributed by atoms with E-state index in [0.717, 1.165) is 27.6 Å². The molecule has 24 heavy (non-hydrogen) atoms. The summed E-state index contributed by atoms with van der Waals surface area (Å²) in [7, 11) is 0. The molecule has 1 amide bonds. The summed E-state index contributed by atoms with van der Waals surface area (Å²) in [4.78, 5) is 21.7. The lowest BCUT2D eigenvalue weighted by atomic mass is 10.1. The van der Waals surface area contributed by atoms with Crippen LogP contribution in [-0.4, -0.2) is 15.9 Å². The second-order valence-corrected chi connectivity index (χ2v) is 5.68. The fourth-order valence-electron chi connectivity index (χ4n) is 2.72. The van der Waals surface area contributed by atoms with Gasteiger partial charge in [-0.05, 0) is 48.9 Å². The minimum Gasteiger partial charge on any atom is -0.322 e. The molecule has 0 radical (unpaired) electrons. The average molecular weight is 313 g/mol. The van der Waals surface area contributed by atoms with Crippen LogP contribution in [0.15, 0.2) is 66.7 Å². The molecule has 116 valence electrons. The number of amides is 1. The molecule has 0 aliphatic carbocycles. The van der Waals surface area contributed by atoms with Gasteiger partial charge in [0, 0.05) is 11.3 Å². The van der Waals surface area contributed by atoms with Gasteiger partial charge in [-0.2, -0.15) is 0 Å². The lowest BCUT2D eigenvalue weighted by Gasteiger charge is -2.08. The predicted octanol–water partition coefficient (Wildman–Crippen LogP) is 4.34. The van der Waals surface area contributed by atoms with Crippen LogP contribution in [0.4, 0.5) is 5.69 Å². The number of carbonyl (C=O) groups is 1. The van der Waals surface area contributed by atoms with Crippen LogP contribution in [-0.2, 0) is 0 Å². The molecule has 1 aromatic heterocycles. The number of para-hydroxylation sites is 2. The Labute approximate surface area is 139 Å². The summed E-state index contributed by atoms with van der Waals surface area (Å²) in [6.45, 7) is 1.92. The van der Waals surface area contributed by atoms with Gasteiger partial charge in [0.2, 0.25) is 0 Å². The van der Waals surface area contributed by atoms with E-state index in [1.165, 1.54) is 0 Å². The van der Waals surface area contributed by atoms with Gasteiger partial charge in [-0.1, -0.05) is 30.3 Å². The Morgan fingerprint density at radius 3 is 2.17 bits per heavy atom. The summed E-state index contributed by atoms with van der Waals surface area (Å²) in [5, 5.41) is 2.93. The van der Waals surface area contributed by atoms with Gasteiger partial charge in [-0.25, -0.2) is 9.97 Å². The number of aryl methyl sites for hydroxylation is 1. The van der Waals surface area contributed by atoms with E-state index in [1.807, 2.05) is 73.7 Å². The smallest absolute Gasteiger partial charge is 0.255 e. The van der Waals surface area contributed by atoms with Crippen molar-refractivity contribution in [3.63, 3.8) is 0 Å². The van der Waals surface area contributed by atoms with Gasteiger partial charge in [-0.3, -0.25) is 4.79 Å². The fraction of sp³-hybridized carbons (Fsp3) is 0.0500. The van der Waals surface area contributed by atoms with Crippen LogP contribution >= 0.6 is 0 Å². The summed E-state index contributed by atoms with van der Waals surface area (Å²) in [5.41, 5.74) is 5.59. The minimum absolute atomic E-state index is 0.124. The molecule has 0 unspecified atom stereocenters. The Kier molecular flexibility index (Phi) is 3.43. The van der Waals surface area contributed by atoms with Gasteiger partial charge in [0.1, 0.15) is 0 Å². The summed E-state index contributed by atoms with van der Waals surface area (Å²) in [6.07, 6.45) is 0. The van der Waals surface area contributed by atoms with Crippen molar-refractivity contribution in [2.45, 2.75) is 6.92 Å². The number of hydrogen-bond donors (Lipinski definition) is 1. The first-order chi connectivity index (χ1) is 11.7. The van der Waals surface area contributed by atoms with Gasteiger partial charge >= 0.3 is 0 Å². The van der Waals surface area contributed by atoms with Gasteiger partial charge in [-0.15, -0.1) is 0 Å². The number of aromatic nitrogens is 2. The molecule has 0 aliphatic rings. The summed E-state index contributed by atoms with van der Waals surface area (Å²) < 4.78 is 0. The van der Waals surface area contributed by atoms with Crippen molar-refractivity contribution in [3.05, 3.63) is 77.9 Å². The molecule has 1 heterocycles. The Balaban J connectivity index is 1.71.